The zero-order valence-corrected chi connectivity index (χ0v) is 13.3. The van der Waals surface area contributed by atoms with E-state index in [0.29, 0.717) is 26.2 Å². The number of nitrogens with zero attached hydrogens (tertiary/aromatic N) is 2. The fourth-order valence-electron chi connectivity index (χ4n) is 3.57. The van der Waals surface area contributed by atoms with E-state index in [-0.39, 0.29) is 23.8 Å². The number of hydrogen-bond acceptors (Lipinski definition) is 4. The Morgan fingerprint density at radius 1 is 1.22 bits per heavy atom. The van der Waals surface area contributed by atoms with Gasteiger partial charge in [0.15, 0.2) is 0 Å². The fraction of sp³-hybridized carbons (Fsp3) is 0.529. The number of likely N-dealkylation sites (tertiary alicyclic amines) is 1. The molecule has 0 aliphatic carbocycles. The van der Waals surface area contributed by atoms with E-state index >= 15 is 0 Å². The van der Waals surface area contributed by atoms with Crippen LogP contribution in [0.4, 0.5) is 5.69 Å². The number of rotatable bonds is 3. The van der Waals surface area contributed by atoms with Crippen LogP contribution in [0.3, 0.4) is 0 Å². The van der Waals surface area contributed by atoms with Crippen molar-refractivity contribution in [3.63, 3.8) is 0 Å². The van der Waals surface area contributed by atoms with Crippen molar-refractivity contribution in [1.29, 1.82) is 0 Å². The molecule has 0 saturated carbocycles. The van der Waals surface area contributed by atoms with E-state index in [2.05, 4.69) is 11.0 Å². The molecule has 0 aromatic heterocycles. The van der Waals surface area contributed by atoms with E-state index in [1.807, 2.05) is 18.2 Å². The molecule has 2 amide bonds. The van der Waals surface area contributed by atoms with Crippen molar-refractivity contribution in [1.82, 2.24) is 4.90 Å². The van der Waals surface area contributed by atoms with Gasteiger partial charge in [-0.25, -0.2) is 0 Å². The molecule has 6 heteroatoms. The van der Waals surface area contributed by atoms with E-state index in [9.17, 15) is 9.59 Å². The average Bonchev–Trinajstić information content (AvgIpc) is 2.54. The molecular weight excluding hydrogens is 292 g/mol. The number of amides is 2. The van der Waals surface area contributed by atoms with E-state index in [1.165, 1.54) is 5.56 Å². The van der Waals surface area contributed by atoms with Gasteiger partial charge in [0, 0.05) is 31.4 Å². The van der Waals surface area contributed by atoms with Gasteiger partial charge in [-0.15, -0.1) is 0 Å². The molecule has 23 heavy (non-hydrogen) atoms. The Hall–Kier alpha value is -2.08. The molecule has 6 nitrogen and oxygen atoms in total. The predicted molar refractivity (Wildman–Crippen MR) is 88.8 cm³/mol. The van der Waals surface area contributed by atoms with E-state index in [0.717, 1.165) is 24.9 Å². The van der Waals surface area contributed by atoms with Crippen molar-refractivity contribution in [2.75, 3.05) is 31.1 Å². The first kappa shape index (κ1) is 15.8. The predicted octanol–water partition coefficient (Wildman–Crippen LogP) is 0.100. The molecule has 4 N–H and O–H groups in total. The lowest BCUT2D eigenvalue weighted by molar-refractivity contribution is -0.133. The Balaban J connectivity index is 1.69. The molecule has 0 bridgehead atoms. The highest BCUT2D eigenvalue weighted by atomic mass is 16.2. The van der Waals surface area contributed by atoms with Gasteiger partial charge in [0.05, 0.1) is 12.5 Å². The summed E-state index contributed by atoms with van der Waals surface area (Å²) in [4.78, 5) is 27.8. The van der Waals surface area contributed by atoms with Crippen LogP contribution >= 0.6 is 0 Å². The summed E-state index contributed by atoms with van der Waals surface area (Å²) in [5.41, 5.74) is 13.8. The van der Waals surface area contributed by atoms with Gasteiger partial charge in [-0.3, -0.25) is 9.59 Å². The fourth-order valence-corrected chi connectivity index (χ4v) is 3.57. The summed E-state index contributed by atoms with van der Waals surface area (Å²) in [7, 11) is 0. The van der Waals surface area contributed by atoms with E-state index in [4.69, 9.17) is 11.5 Å². The largest absolute Gasteiger partial charge is 0.369 e. The highest BCUT2D eigenvalue weighted by Gasteiger charge is 2.29. The number of hydrogen-bond donors (Lipinski definition) is 2. The first-order valence-corrected chi connectivity index (χ1v) is 8.20. The molecule has 2 heterocycles. The minimum atomic E-state index is -0.312. The first-order chi connectivity index (χ1) is 11.0. The molecule has 0 spiro atoms. The number of carbonyl (C=O) groups excluding carboxylic acids is 2. The van der Waals surface area contributed by atoms with Crippen molar-refractivity contribution in [3.05, 3.63) is 29.8 Å². The van der Waals surface area contributed by atoms with Crippen molar-refractivity contribution in [3.8, 4) is 0 Å². The summed E-state index contributed by atoms with van der Waals surface area (Å²) in [5.74, 6) is -0.490. The van der Waals surface area contributed by atoms with Crippen LogP contribution in [0.25, 0.3) is 0 Å². The maximum absolute atomic E-state index is 12.6. The number of anilines is 1. The maximum atomic E-state index is 12.6. The molecule has 1 aromatic carbocycles. The number of primary amides is 1. The molecule has 0 radical (unpaired) electrons. The maximum Gasteiger partial charge on any atom is 0.242 e. The summed E-state index contributed by atoms with van der Waals surface area (Å²) in [6.07, 6.45) is 2.44. The highest BCUT2D eigenvalue weighted by Crippen LogP contribution is 2.26. The molecule has 124 valence electrons. The van der Waals surface area contributed by atoms with Crippen molar-refractivity contribution in [2.24, 2.45) is 17.4 Å². The summed E-state index contributed by atoms with van der Waals surface area (Å²) >= 11 is 0. The summed E-state index contributed by atoms with van der Waals surface area (Å²) in [5, 5.41) is 0. The molecule has 2 unspecified atom stereocenters. The monoisotopic (exact) mass is 316 g/mol. The number of carbonyl (C=O) groups is 2. The zero-order valence-electron chi connectivity index (χ0n) is 13.3. The Morgan fingerprint density at radius 2 is 2.00 bits per heavy atom. The van der Waals surface area contributed by atoms with Crippen molar-refractivity contribution in [2.45, 2.75) is 25.3 Å². The van der Waals surface area contributed by atoms with E-state index < -0.39 is 0 Å². The Kier molecular flexibility index (Phi) is 4.52. The Bertz CT molecular complexity index is 604. The molecule has 2 aliphatic rings. The van der Waals surface area contributed by atoms with Gasteiger partial charge >= 0.3 is 0 Å². The lowest BCUT2D eigenvalue weighted by atomic mass is 9.97. The summed E-state index contributed by atoms with van der Waals surface area (Å²) in [6, 6.07) is 8.13. The van der Waals surface area contributed by atoms with Gasteiger partial charge in [-0.1, -0.05) is 18.2 Å². The van der Waals surface area contributed by atoms with Crippen LogP contribution < -0.4 is 16.4 Å². The summed E-state index contributed by atoms with van der Waals surface area (Å²) in [6.45, 7) is 2.12. The number of piperidine rings is 1. The number of benzene rings is 1. The first-order valence-electron chi connectivity index (χ1n) is 8.20. The van der Waals surface area contributed by atoms with Gasteiger partial charge in [-0.2, -0.15) is 0 Å². The molecule has 2 atom stereocenters. The van der Waals surface area contributed by atoms with Crippen LogP contribution in [0.5, 0.6) is 0 Å². The van der Waals surface area contributed by atoms with Gasteiger partial charge in [0.2, 0.25) is 11.8 Å². The quantitative estimate of drug-likeness (QED) is 0.827. The minimum Gasteiger partial charge on any atom is -0.369 e. The van der Waals surface area contributed by atoms with Crippen molar-refractivity contribution < 1.29 is 9.59 Å². The molecule has 1 aromatic rings. The molecular formula is C17H24N4O2. The third-order valence-corrected chi connectivity index (χ3v) is 4.77. The van der Waals surface area contributed by atoms with Gasteiger partial charge < -0.3 is 21.3 Å². The standard InChI is InChI=1S/C17H24N4O2/c18-14-8-12-4-1-2-6-15(12)21(10-14)11-16(22)20-7-3-5-13(9-20)17(19)23/h1-2,4,6,13-14H,3,5,7-11,18H2,(H2,19,23). The van der Waals surface area contributed by atoms with Crippen LogP contribution in [0.15, 0.2) is 24.3 Å². The van der Waals surface area contributed by atoms with Crippen molar-refractivity contribution >= 4 is 17.5 Å². The summed E-state index contributed by atoms with van der Waals surface area (Å²) < 4.78 is 0. The van der Waals surface area contributed by atoms with Crippen LogP contribution in [-0.4, -0.2) is 48.9 Å². The lowest BCUT2D eigenvalue weighted by Gasteiger charge is -2.37. The number of para-hydroxylation sites is 1. The number of fused-ring (bicyclic) bond motifs is 1. The third-order valence-electron chi connectivity index (χ3n) is 4.77. The van der Waals surface area contributed by atoms with Crippen LogP contribution in [0.2, 0.25) is 0 Å². The topological polar surface area (TPSA) is 92.7 Å². The second-order valence-corrected chi connectivity index (χ2v) is 6.55. The third kappa shape index (κ3) is 3.47. The molecule has 1 fully saturated rings. The van der Waals surface area contributed by atoms with Crippen LogP contribution in [0, 0.1) is 5.92 Å². The molecule has 3 rings (SSSR count). The Morgan fingerprint density at radius 3 is 2.78 bits per heavy atom. The van der Waals surface area contributed by atoms with Gasteiger partial charge in [0.1, 0.15) is 0 Å². The second-order valence-electron chi connectivity index (χ2n) is 6.55. The second kappa shape index (κ2) is 6.58. The highest BCUT2D eigenvalue weighted by molar-refractivity contribution is 5.83. The van der Waals surface area contributed by atoms with Gasteiger partial charge in [-0.05, 0) is 30.9 Å². The van der Waals surface area contributed by atoms with Crippen LogP contribution in [0.1, 0.15) is 18.4 Å². The zero-order chi connectivity index (χ0) is 16.4. The molecule has 2 aliphatic heterocycles. The number of nitrogens with two attached hydrogens (primary N) is 2. The minimum absolute atomic E-state index is 0.0393. The van der Waals surface area contributed by atoms with Crippen LogP contribution in [-0.2, 0) is 16.0 Å². The smallest absolute Gasteiger partial charge is 0.242 e. The van der Waals surface area contributed by atoms with E-state index in [1.54, 1.807) is 4.90 Å². The molecule has 1 saturated heterocycles. The Labute approximate surface area is 136 Å². The normalized spacial score (nSPS) is 24.2. The van der Waals surface area contributed by atoms with Gasteiger partial charge in [0.25, 0.3) is 0 Å². The SMILES string of the molecule is NC(=O)C1CCCN(C(=O)CN2CC(N)Cc3ccccc32)C1. The lowest BCUT2D eigenvalue weighted by Crippen LogP contribution is -2.51. The average molecular weight is 316 g/mol.